The number of carbonyl (C=O) groups is 1. The van der Waals surface area contributed by atoms with Gasteiger partial charge in [0, 0.05) is 13.0 Å². The summed E-state index contributed by atoms with van der Waals surface area (Å²) in [4.78, 5) is 11.6. The Kier molecular flexibility index (Phi) is 8.12. The lowest BCUT2D eigenvalue weighted by molar-refractivity contribution is -0.149. The van der Waals surface area contributed by atoms with Crippen molar-refractivity contribution in [1.82, 2.24) is 5.32 Å². The van der Waals surface area contributed by atoms with Crippen molar-refractivity contribution in [2.45, 2.75) is 38.8 Å². The van der Waals surface area contributed by atoms with Crippen molar-refractivity contribution >= 4 is 5.97 Å². The molecule has 0 aliphatic heterocycles. The van der Waals surface area contributed by atoms with Gasteiger partial charge in [-0.1, -0.05) is 0 Å². The third-order valence-electron chi connectivity index (χ3n) is 2.72. The van der Waals surface area contributed by atoms with Gasteiger partial charge in [0.05, 0.1) is 26.4 Å². The lowest BCUT2D eigenvalue weighted by Gasteiger charge is -2.29. The summed E-state index contributed by atoms with van der Waals surface area (Å²) in [5.74, 6) is -0.278. The number of hydrogen-bond acceptors (Lipinski definition) is 5. The maximum absolute atomic E-state index is 11.6. The van der Waals surface area contributed by atoms with Crippen molar-refractivity contribution < 1.29 is 19.0 Å². The maximum atomic E-state index is 11.6. The number of methoxy groups -OCH3 is 1. The van der Waals surface area contributed by atoms with Crippen LogP contribution >= 0.6 is 0 Å². The first-order valence-electron chi connectivity index (χ1n) is 5.96. The standard InChI is InChI=1S/C12H25NO4/c1-6-16-7-8-17-10(2)9-12(3,13-4)11(14)15-5/h10,13H,6-9H2,1-5H3. The van der Waals surface area contributed by atoms with Gasteiger partial charge in [0.1, 0.15) is 5.54 Å². The molecule has 0 amide bonds. The topological polar surface area (TPSA) is 56.8 Å². The number of carbonyl (C=O) groups excluding carboxylic acids is 1. The van der Waals surface area contributed by atoms with Gasteiger partial charge in [-0.3, -0.25) is 4.79 Å². The Morgan fingerprint density at radius 1 is 1.41 bits per heavy atom. The molecule has 5 nitrogen and oxygen atoms in total. The minimum absolute atomic E-state index is 0.0352. The second-order valence-corrected chi connectivity index (χ2v) is 4.16. The number of rotatable bonds is 9. The van der Waals surface area contributed by atoms with Crippen LogP contribution in [0.1, 0.15) is 27.2 Å². The fourth-order valence-electron chi connectivity index (χ4n) is 1.60. The molecule has 0 rings (SSSR count). The summed E-state index contributed by atoms with van der Waals surface area (Å²) in [6.45, 7) is 7.49. The molecule has 102 valence electrons. The van der Waals surface area contributed by atoms with Crippen molar-refractivity contribution in [2.24, 2.45) is 0 Å². The van der Waals surface area contributed by atoms with Gasteiger partial charge in [-0.25, -0.2) is 0 Å². The number of nitrogens with one attached hydrogen (secondary N) is 1. The van der Waals surface area contributed by atoms with Crippen LogP contribution in [-0.2, 0) is 19.0 Å². The third-order valence-corrected chi connectivity index (χ3v) is 2.72. The van der Waals surface area contributed by atoms with Crippen LogP contribution < -0.4 is 5.32 Å². The molecule has 0 aromatic carbocycles. The highest BCUT2D eigenvalue weighted by atomic mass is 16.5. The lowest BCUT2D eigenvalue weighted by atomic mass is 9.95. The average Bonchev–Trinajstić information content (AvgIpc) is 2.33. The van der Waals surface area contributed by atoms with Crippen LogP contribution in [0.15, 0.2) is 0 Å². The summed E-state index contributed by atoms with van der Waals surface area (Å²) in [5.41, 5.74) is -0.709. The van der Waals surface area contributed by atoms with E-state index >= 15 is 0 Å². The van der Waals surface area contributed by atoms with E-state index in [1.165, 1.54) is 7.11 Å². The van der Waals surface area contributed by atoms with E-state index < -0.39 is 5.54 Å². The maximum Gasteiger partial charge on any atom is 0.325 e. The van der Waals surface area contributed by atoms with Crippen LogP contribution in [0.25, 0.3) is 0 Å². The molecule has 17 heavy (non-hydrogen) atoms. The molecule has 0 bridgehead atoms. The summed E-state index contributed by atoms with van der Waals surface area (Å²) >= 11 is 0. The van der Waals surface area contributed by atoms with Gasteiger partial charge in [0.25, 0.3) is 0 Å². The summed E-state index contributed by atoms with van der Waals surface area (Å²) in [7, 11) is 3.13. The zero-order chi connectivity index (χ0) is 13.3. The Hall–Kier alpha value is -0.650. The first kappa shape index (κ1) is 16.4. The Balaban J connectivity index is 4.05. The molecule has 0 saturated heterocycles. The molecule has 0 aromatic heterocycles. The Morgan fingerprint density at radius 3 is 2.53 bits per heavy atom. The van der Waals surface area contributed by atoms with Crippen molar-refractivity contribution in [3.8, 4) is 0 Å². The highest BCUT2D eigenvalue weighted by Gasteiger charge is 2.34. The van der Waals surface area contributed by atoms with E-state index in [9.17, 15) is 4.79 Å². The van der Waals surface area contributed by atoms with E-state index in [4.69, 9.17) is 14.2 Å². The highest BCUT2D eigenvalue weighted by Crippen LogP contribution is 2.15. The van der Waals surface area contributed by atoms with Crippen LogP contribution in [0.2, 0.25) is 0 Å². The zero-order valence-corrected chi connectivity index (χ0v) is 11.5. The second kappa shape index (κ2) is 8.44. The van der Waals surface area contributed by atoms with Crippen molar-refractivity contribution in [3.63, 3.8) is 0 Å². The lowest BCUT2D eigenvalue weighted by Crippen LogP contribution is -2.50. The van der Waals surface area contributed by atoms with Crippen LogP contribution in [0.4, 0.5) is 0 Å². The van der Waals surface area contributed by atoms with E-state index in [0.29, 0.717) is 26.2 Å². The Labute approximate surface area is 104 Å². The summed E-state index contributed by atoms with van der Waals surface area (Å²) in [5, 5.41) is 2.98. The van der Waals surface area contributed by atoms with Crippen molar-refractivity contribution in [3.05, 3.63) is 0 Å². The van der Waals surface area contributed by atoms with Crippen LogP contribution in [0.3, 0.4) is 0 Å². The number of esters is 1. The largest absolute Gasteiger partial charge is 0.468 e. The summed E-state index contributed by atoms with van der Waals surface area (Å²) < 4.78 is 15.5. The predicted molar refractivity (Wildman–Crippen MR) is 66.0 cm³/mol. The molecule has 0 aliphatic rings. The van der Waals surface area contributed by atoms with Crippen molar-refractivity contribution in [1.29, 1.82) is 0 Å². The molecular weight excluding hydrogens is 222 g/mol. The normalized spacial score (nSPS) is 16.3. The van der Waals surface area contributed by atoms with Gasteiger partial charge in [0.2, 0.25) is 0 Å². The molecule has 0 fully saturated rings. The zero-order valence-electron chi connectivity index (χ0n) is 11.5. The van der Waals surface area contributed by atoms with Gasteiger partial charge in [-0.15, -0.1) is 0 Å². The van der Waals surface area contributed by atoms with E-state index in [0.717, 1.165) is 0 Å². The molecule has 0 spiro atoms. The number of ether oxygens (including phenoxy) is 3. The van der Waals surface area contributed by atoms with Crippen molar-refractivity contribution in [2.75, 3.05) is 34.0 Å². The molecule has 0 heterocycles. The third kappa shape index (κ3) is 6.00. The van der Waals surface area contributed by atoms with Gasteiger partial charge in [0.15, 0.2) is 0 Å². The summed E-state index contributed by atoms with van der Waals surface area (Å²) in [6.07, 6.45) is 0.523. The SMILES string of the molecule is CCOCCOC(C)CC(C)(NC)C(=O)OC. The Morgan fingerprint density at radius 2 is 2.06 bits per heavy atom. The quantitative estimate of drug-likeness (QED) is 0.486. The Bertz CT molecular complexity index is 223. The first-order valence-corrected chi connectivity index (χ1v) is 5.96. The molecule has 0 aromatic rings. The number of likely N-dealkylation sites (N-methyl/N-ethyl adjacent to an activating group) is 1. The fourth-order valence-corrected chi connectivity index (χ4v) is 1.60. The number of hydrogen-bond donors (Lipinski definition) is 1. The first-order chi connectivity index (χ1) is 8.00. The minimum atomic E-state index is -0.709. The van der Waals surface area contributed by atoms with Gasteiger partial charge in [-0.2, -0.15) is 0 Å². The van der Waals surface area contributed by atoms with Crippen LogP contribution in [-0.4, -0.2) is 51.6 Å². The van der Waals surface area contributed by atoms with Crippen LogP contribution in [0, 0.1) is 0 Å². The van der Waals surface area contributed by atoms with E-state index in [1.807, 2.05) is 13.8 Å². The van der Waals surface area contributed by atoms with E-state index in [2.05, 4.69) is 5.32 Å². The monoisotopic (exact) mass is 247 g/mol. The predicted octanol–water partition coefficient (Wildman–Crippen LogP) is 0.969. The smallest absolute Gasteiger partial charge is 0.325 e. The second-order valence-electron chi connectivity index (χ2n) is 4.16. The van der Waals surface area contributed by atoms with Crippen LogP contribution in [0.5, 0.6) is 0 Å². The van der Waals surface area contributed by atoms with Gasteiger partial charge >= 0.3 is 5.97 Å². The molecule has 2 unspecified atom stereocenters. The van der Waals surface area contributed by atoms with Gasteiger partial charge < -0.3 is 19.5 Å². The molecule has 0 radical (unpaired) electrons. The van der Waals surface area contributed by atoms with E-state index in [-0.39, 0.29) is 12.1 Å². The van der Waals surface area contributed by atoms with Gasteiger partial charge in [-0.05, 0) is 27.8 Å². The molecule has 5 heteroatoms. The summed E-state index contributed by atoms with van der Waals surface area (Å²) in [6, 6.07) is 0. The highest BCUT2D eigenvalue weighted by molar-refractivity contribution is 5.80. The van der Waals surface area contributed by atoms with E-state index in [1.54, 1.807) is 14.0 Å². The molecular formula is C12H25NO4. The molecule has 0 aliphatic carbocycles. The molecule has 0 saturated carbocycles. The minimum Gasteiger partial charge on any atom is -0.468 e. The average molecular weight is 247 g/mol. The molecule has 2 atom stereocenters. The fraction of sp³-hybridized carbons (Fsp3) is 0.917. The molecule has 1 N–H and O–H groups in total.